The first-order valence-electron chi connectivity index (χ1n) is 4.51. The highest BCUT2D eigenvalue weighted by molar-refractivity contribution is 5.79. The Morgan fingerprint density at radius 1 is 1.40 bits per heavy atom. The molecular formula is C10H14N2O3. The largest absolute Gasteiger partial charge is 0.491 e. The Kier molecular flexibility index (Phi) is 4.08. The Morgan fingerprint density at radius 2 is 2.00 bits per heavy atom. The minimum atomic E-state index is -0.803. The van der Waals surface area contributed by atoms with Crippen LogP contribution in [-0.4, -0.2) is 23.7 Å². The Bertz CT molecular complexity index is 324. The summed E-state index contributed by atoms with van der Waals surface area (Å²) in [6, 6.07) is 6.04. The first kappa shape index (κ1) is 11.5. The molecule has 5 N–H and O–H groups in total. The van der Waals surface area contributed by atoms with Gasteiger partial charge in [-0.3, -0.25) is 4.79 Å². The Hall–Kier alpha value is -1.59. The van der Waals surface area contributed by atoms with Crippen LogP contribution >= 0.6 is 0 Å². The fourth-order valence-corrected chi connectivity index (χ4v) is 0.959. The molecule has 0 aliphatic carbocycles. The topological polar surface area (TPSA) is 98.6 Å². The fourth-order valence-electron chi connectivity index (χ4n) is 0.959. The second-order valence-corrected chi connectivity index (χ2v) is 3.12. The van der Waals surface area contributed by atoms with E-state index in [1.54, 1.807) is 24.3 Å². The molecule has 1 rings (SSSR count). The average molecular weight is 210 g/mol. The molecule has 0 aliphatic rings. The lowest BCUT2D eigenvalue weighted by Crippen LogP contribution is -2.41. The lowest BCUT2D eigenvalue weighted by molar-refractivity contribution is -0.119. The van der Waals surface area contributed by atoms with Gasteiger partial charge in [0.15, 0.2) is 0 Å². The summed E-state index contributed by atoms with van der Waals surface area (Å²) in [5.41, 5.74) is 11.1. The average Bonchev–Trinajstić information content (AvgIpc) is 2.26. The number of carbonyl (C=O) groups excluding carboxylic acids is 1. The molecule has 0 heterocycles. The summed E-state index contributed by atoms with van der Waals surface area (Å²) < 4.78 is 5.22. The number of amides is 1. The maximum Gasteiger partial charge on any atom is 0.237 e. The molecule has 5 nitrogen and oxygen atoms in total. The maximum absolute atomic E-state index is 10.6. The van der Waals surface area contributed by atoms with Crippen molar-refractivity contribution in [3.8, 4) is 5.75 Å². The molecule has 1 amide bonds. The van der Waals surface area contributed by atoms with Gasteiger partial charge in [0.25, 0.3) is 0 Å². The van der Waals surface area contributed by atoms with E-state index < -0.39 is 11.9 Å². The van der Waals surface area contributed by atoms with Crippen molar-refractivity contribution in [2.45, 2.75) is 12.6 Å². The van der Waals surface area contributed by atoms with Crippen LogP contribution < -0.4 is 16.2 Å². The summed E-state index contributed by atoms with van der Waals surface area (Å²) in [6.45, 7) is 0.0366. The number of rotatable bonds is 5. The summed E-state index contributed by atoms with van der Waals surface area (Å²) in [7, 11) is 0. The third-order valence-electron chi connectivity index (χ3n) is 1.90. The van der Waals surface area contributed by atoms with Crippen LogP contribution in [0.4, 0.5) is 0 Å². The minimum Gasteiger partial charge on any atom is -0.491 e. The zero-order valence-corrected chi connectivity index (χ0v) is 8.22. The van der Waals surface area contributed by atoms with Crippen molar-refractivity contribution in [2.75, 3.05) is 6.61 Å². The van der Waals surface area contributed by atoms with Crippen molar-refractivity contribution in [1.29, 1.82) is 0 Å². The maximum atomic E-state index is 10.6. The summed E-state index contributed by atoms with van der Waals surface area (Å²) in [5, 5.41) is 8.80. The molecule has 0 fully saturated rings. The second-order valence-electron chi connectivity index (χ2n) is 3.12. The van der Waals surface area contributed by atoms with Gasteiger partial charge in [-0.05, 0) is 17.7 Å². The van der Waals surface area contributed by atoms with Crippen LogP contribution in [0.1, 0.15) is 5.56 Å². The summed E-state index contributed by atoms with van der Waals surface area (Å²) in [4.78, 5) is 10.6. The van der Waals surface area contributed by atoms with Gasteiger partial charge in [0, 0.05) is 0 Å². The number of aliphatic hydroxyl groups is 1. The molecule has 0 radical (unpaired) electrons. The van der Waals surface area contributed by atoms with Gasteiger partial charge >= 0.3 is 0 Å². The molecule has 15 heavy (non-hydrogen) atoms. The summed E-state index contributed by atoms with van der Waals surface area (Å²) >= 11 is 0. The summed E-state index contributed by atoms with van der Waals surface area (Å²) in [5.74, 6) is -0.00845. The fraction of sp³-hybridized carbons (Fsp3) is 0.300. The number of nitrogens with two attached hydrogens (primary N) is 2. The highest BCUT2D eigenvalue weighted by Crippen LogP contribution is 2.11. The van der Waals surface area contributed by atoms with Gasteiger partial charge in [-0.1, -0.05) is 12.1 Å². The third-order valence-corrected chi connectivity index (χ3v) is 1.90. The molecule has 0 saturated carbocycles. The van der Waals surface area contributed by atoms with Crippen molar-refractivity contribution in [3.63, 3.8) is 0 Å². The zero-order chi connectivity index (χ0) is 11.3. The highest BCUT2D eigenvalue weighted by atomic mass is 16.5. The van der Waals surface area contributed by atoms with Gasteiger partial charge in [0.1, 0.15) is 18.4 Å². The first-order chi connectivity index (χ1) is 7.13. The van der Waals surface area contributed by atoms with Crippen molar-refractivity contribution >= 4 is 5.91 Å². The lowest BCUT2D eigenvalue weighted by atomic mass is 10.2. The van der Waals surface area contributed by atoms with Crippen LogP contribution in [0.25, 0.3) is 0 Å². The number of aliphatic hydroxyl groups excluding tert-OH is 1. The van der Waals surface area contributed by atoms with Crippen LogP contribution in [-0.2, 0) is 11.4 Å². The number of benzene rings is 1. The lowest BCUT2D eigenvalue weighted by Gasteiger charge is -2.10. The zero-order valence-electron chi connectivity index (χ0n) is 8.22. The van der Waals surface area contributed by atoms with Crippen molar-refractivity contribution in [1.82, 2.24) is 0 Å². The highest BCUT2D eigenvalue weighted by Gasteiger charge is 2.09. The quantitative estimate of drug-likeness (QED) is 0.602. The number of carbonyl (C=O) groups is 1. The molecule has 0 spiro atoms. The van der Waals surface area contributed by atoms with E-state index in [1.807, 2.05) is 0 Å². The molecule has 0 bridgehead atoms. The van der Waals surface area contributed by atoms with Crippen molar-refractivity contribution < 1.29 is 14.6 Å². The van der Waals surface area contributed by atoms with Crippen LogP contribution in [0.3, 0.4) is 0 Å². The van der Waals surface area contributed by atoms with Crippen LogP contribution in [0.15, 0.2) is 24.3 Å². The van der Waals surface area contributed by atoms with E-state index in [2.05, 4.69) is 0 Å². The Labute approximate surface area is 87.6 Å². The monoisotopic (exact) mass is 210 g/mol. The van der Waals surface area contributed by atoms with E-state index in [4.69, 9.17) is 21.3 Å². The third kappa shape index (κ3) is 3.57. The molecule has 1 unspecified atom stereocenters. The van der Waals surface area contributed by atoms with Gasteiger partial charge in [-0.15, -0.1) is 0 Å². The Balaban J connectivity index is 2.47. The van der Waals surface area contributed by atoms with E-state index in [0.717, 1.165) is 5.56 Å². The van der Waals surface area contributed by atoms with Gasteiger partial charge in [-0.25, -0.2) is 0 Å². The van der Waals surface area contributed by atoms with Crippen molar-refractivity contribution in [2.24, 2.45) is 11.5 Å². The molecule has 5 heteroatoms. The molecule has 82 valence electrons. The van der Waals surface area contributed by atoms with Crippen LogP contribution in [0.5, 0.6) is 5.75 Å². The van der Waals surface area contributed by atoms with E-state index in [1.165, 1.54) is 0 Å². The van der Waals surface area contributed by atoms with E-state index >= 15 is 0 Å². The van der Waals surface area contributed by atoms with Gasteiger partial charge in [0.2, 0.25) is 5.91 Å². The molecule has 0 saturated heterocycles. The van der Waals surface area contributed by atoms with Crippen molar-refractivity contribution in [3.05, 3.63) is 29.8 Å². The van der Waals surface area contributed by atoms with E-state index in [-0.39, 0.29) is 13.2 Å². The predicted molar refractivity (Wildman–Crippen MR) is 55.0 cm³/mol. The molecule has 1 aromatic carbocycles. The minimum absolute atomic E-state index is 0.0128. The number of hydrogen-bond donors (Lipinski definition) is 3. The first-order valence-corrected chi connectivity index (χ1v) is 4.51. The van der Waals surface area contributed by atoms with E-state index in [0.29, 0.717) is 5.75 Å². The molecule has 1 aromatic rings. The summed E-state index contributed by atoms with van der Waals surface area (Å²) in [6.07, 6.45) is 0. The van der Waals surface area contributed by atoms with Crippen LogP contribution in [0, 0.1) is 0 Å². The molecule has 0 aliphatic heterocycles. The number of primary amides is 1. The number of hydrogen-bond acceptors (Lipinski definition) is 4. The second kappa shape index (κ2) is 5.33. The molecule has 0 aromatic heterocycles. The smallest absolute Gasteiger partial charge is 0.237 e. The van der Waals surface area contributed by atoms with Gasteiger partial charge < -0.3 is 21.3 Å². The SMILES string of the molecule is NC(=O)C(N)COc1ccc(CO)cc1. The Morgan fingerprint density at radius 3 is 2.47 bits per heavy atom. The molecule has 1 atom stereocenters. The van der Waals surface area contributed by atoms with E-state index in [9.17, 15) is 4.79 Å². The normalized spacial score (nSPS) is 12.1. The number of ether oxygens (including phenoxy) is 1. The standard InChI is InChI=1S/C10H14N2O3/c11-9(10(12)14)6-15-8-3-1-7(5-13)2-4-8/h1-4,9,13H,5-6,11H2,(H2,12,14). The van der Waals surface area contributed by atoms with Gasteiger partial charge in [-0.2, -0.15) is 0 Å². The van der Waals surface area contributed by atoms with Gasteiger partial charge in [0.05, 0.1) is 6.61 Å². The predicted octanol–water partition coefficient (Wildman–Crippen LogP) is -0.630. The molecular weight excluding hydrogens is 196 g/mol. The van der Waals surface area contributed by atoms with Crippen LogP contribution in [0.2, 0.25) is 0 Å².